The number of nitrogens with two attached hydrogens (primary N) is 1. The summed E-state index contributed by atoms with van der Waals surface area (Å²) in [5, 5.41) is 8.66. The second-order valence-electron chi connectivity index (χ2n) is 3.81. The maximum absolute atomic E-state index is 8.66. The molecule has 0 aromatic carbocycles. The van der Waals surface area contributed by atoms with E-state index in [1.165, 1.54) is 0 Å². The molecule has 0 amide bonds. The van der Waals surface area contributed by atoms with Crippen molar-refractivity contribution >= 4 is 0 Å². The van der Waals surface area contributed by atoms with Gasteiger partial charge >= 0.3 is 0 Å². The summed E-state index contributed by atoms with van der Waals surface area (Å²) in [4.78, 5) is 2.25. The standard InChI is InChI=1S/C9H15N3O2/c10-1-7(11)2-12-8-3-13-5-9(12)6-14-4-8/h7-9H,2-6,11H2. The van der Waals surface area contributed by atoms with E-state index in [9.17, 15) is 0 Å². The Morgan fingerprint density at radius 1 is 1.29 bits per heavy atom. The Hall–Kier alpha value is -0.670. The molecule has 0 aliphatic carbocycles. The van der Waals surface area contributed by atoms with Crippen LogP contribution in [-0.4, -0.2) is 56.0 Å². The largest absolute Gasteiger partial charge is 0.378 e. The number of fused-ring (bicyclic) bond motifs is 2. The Balaban J connectivity index is 1.98. The summed E-state index contributed by atoms with van der Waals surface area (Å²) in [6.45, 7) is 3.38. The summed E-state index contributed by atoms with van der Waals surface area (Å²) in [6, 6.07) is 2.21. The highest BCUT2D eigenvalue weighted by Gasteiger charge is 2.35. The molecule has 0 saturated carbocycles. The van der Waals surface area contributed by atoms with Crippen molar-refractivity contribution in [2.45, 2.75) is 18.1 Å². The first-order valence-electron chi connectivity index (χ1n) is 4.87. The lowest BCUT2D eigenvalue weighted by atomic mass is 10.1. The van der Waals surface area contributed by atoms with E-state index in [2.05, 4.69) is 11.0 Å². The first kappa shape index (κ1) is 9.87. The molecule has 0 radical (unpaired) electrons. The van der Waals surface area contributed by atoms with Gasteiger partial charge in [-0.15, -0.1) is 0 Å². The van der Waals surface area contributed by atoms with Gasteiger partial charge in [0.15, 0.2) is 0 Å². The Bertz CT molecular complexity index is 219. The molecule has 2 saturated heterocycles. The van der Waals surface area contributed by atoms with Crippen molar-refractivity contribution in [3.8, 4) is 6.07 Å². The highest BCUT2D eigenvalue weighted by Crippen LogP contribution is 2.18. The van der Waals surface area contributed by atoms with Gasteiger partial charge in [-0.2, -0.15) is 5.26 Å². The molecule has 2 bridgehead atoms. The van der Waals surface area contributed by atoms with E-state index < -0.39 is 6.04 Å². The Morgan fingerprint density at radius 2 is 1.79 bits per heavy atom. The normalized spacial score (nSPS) is 34.9. The SMILES string of the molecule is N#CC(N)CN1C2COCC1COC2. The predicted molar refractivity (Wildman–Crippen MR) is 49.5 cm³/mol. The summed E-state index contributed by atoms with van der Waals surface area (Å²) < 4.78 is 10.9. The molecule has 2 aliphatic heterocycles. The lowest BCUT2D eigenvalue weighted by Gasteiger charge is -2.45. The first-order valence-corrected chi connectivity index (χ1v) is 4.87. The second kappa shape index (κ2) is 4.24. The van der Waals surface area contributed by atoms with Crippen molar-refractivity contribution in [2.24, 2.45) is 5.73 Å². The number of rotatable bonds is 2. The number of nitrogens with zero attached hydrogens (tertiary/aromatic N) is 2. The second-order valence-corrected chi connectivity index (χ2v) is 3.81. The van der Waals surface area contributed by atoms with Gasteiger partial charge in [0.25, 0.3) is 0 Å². The lowest BCUT2D eigenvalue weighted by molar-refractivity contribution is -0.137. The van der Waals surface area contributed by atoms with Crippen LogP contribution in [0.2, 0.25) is 0 Å². The molecule has 0 aromatic heterocycles. The van der Waals surface area contributed by atoms with Crippen LogP contribution in [0.1, 0.15) is 0 Å². The fourth-order valence-electron chi connectivity index (χ4n) is 2.02. The van der Waals surface area contributed by atoms with Crippen molar-refractivity contribution in [1.82, 2.24) is 4.90 Å². The van der Waals surface area contributed by atoms with Crippen LogP contribution in [0, 0.1) is 11.3 Å². The number of nitriles is 1. The van der Waals surface area contributed by atoms with Gasteiger partial charge in [0, 0.05) is 6.54 Å². The molecule has 2 N–H and O–H groups in total. The number of hydrogen-bond donors (Lipinski definition) is 1. The molecule has 2 rings (SSSR count). The summed E-state index contributed by atoms with van der Waals surface area (Å²) in [7, 11) is 0. The molecule has 14 heavy (non-hydrogen) atoms. The molecular weight excluding hydrogens is 182 g/mol. The molecule has 0 aromatic rings. The van der Waals surface area contributed by atoms with Gasteiger partial charge < -0.3 is 15.2 Å². The smallest absolute Gasteiger partial charge is 0.106 e. The van der Waals surface area contributed by atoms with Crippen LogP contribution in [0.25, 0.3) is 0 Å². The van der Waals surface area contributed by atoms with Gasteiger partial charge in [-0.05, 0) is 0 Å². The van der Waals surface area contributed by atoms with E-state index in [-0.39, 0.29) is 12.1 Å². The topological polar surface area (TPSA) is 71.5 Å². The maximum atomic E-state index is 8.66. The van der Waals surface area contributed by atoms with Gasteiger partial charge in [0.1, 0.15) is 6.04 Å². The van der Waals surface area contributed by atoms with E-state index in [1.807, 2.05) is 0 Å². The summed E-state index contributed by atoms with van der Waals surface area (Å²) in [5.74, 6) is 0. The Labute approximate surface area is 83.4 Å². The predicted octanol–water partition coefficient (Wildman–Crippen LogP) is -1.06. The van der Waals surface area contributed by atoms with Crippen LogP contribution in [0.4, 0.5) is 0 Å². The van der Waals surface area contributed by atoms with Gasteiger partial charge in [-0.25, -0.2) is 0 Å². The number of morpholine rings is 2. The van der Waals surface area contributed by atoms with E-state index in [0.717, 1.165) is 0 Å². The minimum Gasteiger partial charge on any atom is -0.378 e. The summed E-state index contributed by atoms with van der Waals surface area (Å²) in [5.41, 5.74) is 5.62. The zero-order valence-corrected chi connectivity index (χ0v) is 8.06. The molecule has 2 aliphatic rings. The van der Waals surface area contributed by atoms with Crippen LogP contribution < -0.4 is 5.73 Å². The third-order valence-corrected chi connectivity index (χ3v) is 2.75. The van der Waals surface area contributed by atoms with E-state index in [4.69, 9.17) is 20.5 Å². The Kier molecular flexibility index (Phi) is 2.99. The van der Waals surface area contributed by atoms with Crippen LogP contribution in [0.3, 0.4) is 0 Å². The van der Waals surface area contributed by atoms with Gasteiger partial charge in [-0.1, -0.05) is 0 Å². The molecule has 2 fully saturated rings. The fraction of sp³-hybridized carbons (Fsp3) is 0.889. The molecule has 2 heterocycles. The average molecular weight is 197 g/mol. The van der Waals surface area contributed by atoms with E-state index in [1.54, 1.807) is 0 Å². The maximum Gasteiger partial charge on any atom is 0.106 e. The molecular formula is C9H15N3O2. The molecule has 5 heteroatoms. The molecule has 0 spiro atoms. The number of ether oxygens (including phenoxy) is 2. The molecule has 1 atom stereocenters. The minimum absolute atomic E-state index is 0.280. The summed E-state index contributed by atoms with van der Waals surface area (Å²) >= 11 is 0. The highest BCUT2D eigenvalue weighted by molar-refractivity contribution is 4.95. The van der Waals surface area contributed by atoms with E-state index in [0.29, 0.717) is 33.0 Å². The van der Waals surface area contributed by atoms with Crippen LogP contribution >= 0.6 is 0 Å². The summed E-state index contributed by atoms with van der Waals surface area (Å²) in [6.07, 6.45) is 0. The van der Waals surface area contributed by atoms with Crippen LogP contribution in [0.15, 0.2) is 0 Å². The van der Waals surface area contributed by atoms with Crippen molar-refractivity contribution < 1.29 is 9.47 Å². The fourth-order valence-corrected chi connectivity index (χ4v) is 2.02. The Morgan fingerprint density at radius 3 is 2.21 bits per heavy atom. The van der Waals surface area contributed by atoms with Gasteiger partial charge in [0.05, 0.1) is 44.6 Å². The monoisotopic (exact) mass is 197 g/mol. The zero-order chi connectivity index (χ0) is 9.97. The third kappa shape index (κ3) is 1.88. The van der Waals surface area contributed by atoms with Crippen molar-refractivity contribution in [3.63, 3.8) is 0 Å². The van der Waals surface area contributed by atoms with Crippen molar-refractivity contribution in [3.05, 3.63) is 0 Å². The number of hydrogen-bond acceptors (Lipinski definition) is 5. The lowest BCUT2D eigenvalue weighted by Crippen LogP contribution is -2.61. The average Bonchev–Trinajstić information content (AvgIpc) is 2.17. The third-order valence-electron chi connectivity index (χ3n) is 2.75. The molecule has 1 unspecified atom stereocenters. The van der Waals surface area contributed by atoms with E-state index >= 15 is 0 Å². The van der Waals surface area contributed by atoms with Crippen LogP contribution in [0.5, 0.6) is 0 Å². The van der Waals surface area contributed by atoms with Gasteiger partial charge in [0.2, 0.25) is 0 Å². The molecule has 5 nitrogen and oxygen atoms in total. The molecule has 78 valence electrons. The van der Waals surface area contributed by atoms with Crippen molar-refractivity contribution in [1.29, 1.82) is 5.26 Å². The first-order chi connectivity index (χ1) is 6.81. The van der Waals surface area contributed by atoms with Crippen LogP contribution in [-0.2, 0) is 9.47 Å². The quantitative estimate of drug-likeness (QED) is 0.610. The zero-order valence-electron chi connectivity index (χ0n) is 8.06. The minimum atomic E-state index is -0.406. The highest BCUT2D eigenvalue weighted by atomic mass is 16.5. The van der Waals surface area contributed by atoms with Gasteiger partial charge in [-0.3, -0.25) is 4.90 Å². The van der Waals surface area contributed by atoms with Crippen molar-refractivity contribution in [2.75, 3.05) is 33.0 Å².